The molecule has 0 aliphatic heterocycles. The van der Waals surface area contributed by atoms with Crippen LogP contribution in [0.3, 0.4) is 0 Å². The van der Waals surface area contributed by atoms with Crippen molar-refractivity contribution in [3.63, 3.8) is 0 Å². The molecule has 6 heteroatoms. The van der Waals surface area contributed by atoms with Gasteiger partial charge in [-0.2, -0.15) is 0 Å². The van der Waals surface area contributed by atoms with Gasteiger partial charge in [-0.3, -0.25) is 4.99 Å². The summed E-state index contributed by atoms with van der Waals surface area (Å²) in [5.41, 5.74) is 0.960. The van der Waals surface area contributed by atoms with Crippen LogP contribution in [0.15, 0.2) is 46.0 Å². The molecule has 0 fully saturated rings. The minimum Gasteiger partial charge on any atom is -0.467 e. The Hall–Kier alpha value is -1.65. The van der Waals surface area contributed by atoms with Gasteiger partial charge in [0.25, 0.3) is 0 Å². The number of hydrogen-bond acceptors (Lipinski definition) is 2. The lowest BCUT2D eigenvalue weighted by molar-refractivity contribution is 0.500. The van der Waals surface area contributed by atoms with Crippen LogP contribution < -0.4 is 10.6 Å². The SMILES string of the molecule is CN=C(NCc1ccco1)NC(C)c1ccc(Cl)cc1Cl. The van der Waals surface area contributed by atoms with Gasteiger partial charge in [0.05, 0.1) is 18.8 Å². The highest BCUT2D eigenvalue weighted by atomic mass is 35.5. The normalized spacial score (nSPS) is 13.0. The third kappa shape index (κ3) is 4.41. The predicted octanol–water partition coefficient (Wildman–Crippen LogP) is 4.01. The Labute approximate surface area is 134 Å². The zero-order chi connectivity index (χ0) is 15.2. The molecule has 2 aromatic rings. The summed E-state index contributed by atoms with van der Waals surface area (Å²) in [5.74, 6) is 1.51. The smallest absolute Gasteiger partial charge is 0.191 e. The summed E-state index contributed by atoms with van der Waals surface area (Å²) in [6.07, 6.45) is 1.64. The molecule has 21 heavy (non-hydrogen) atoms. The van der Waals surface area contributed by atoms with Crippen LogP contribution in [0.5, 0.6) is 0 Å². The second-order valence-corrected chi connectivity index (χ2v) is 5.38. The second-order valence-electron chi connectivity index (χ2n) is 4.54. The van der Waals surface area contributed by atoms with Gasteiger partial charge in [-0.05, 0) is 36.8 Å². The Morgan fingerprint density at radius 1 is 1.33 bits per heavy atom. The van der Waals surface area contributed by atoms with Gasteiger partial charge in [-0.25, -0.2) is 0 Å². The van der Waals surface area contributed by atoms with Crippen LogP contribution in [-0.4, -0.2) is 13.0 Å². The van der Waals surface area contributed by atoms with Crippen molar-refractivity contribution in [2.75, 3.05) is 7.05 Å². The van der Waals surface area contributed by atoms with E-state index in [1.165, 1.54) is 0 Å². The highest BCUT2D eigenvalue weighted by molar-refractivity contribution is 6.35. The van der Waals surface area contributed by atoms with Gasteiger partial charge in [0, 0.05) is 17.1 Å². The molecule has 1 aromatic heterocycles. The molecule has 112 valence electrons. The van der Waals surface area contributed by atoms with Crippen molar-refractivity contribution in [3.8, 4) is 0 Å². The zero-order valence-electron chi connectivity index (χ0n) is 11.9. The lowest BCUT2D eigenvalue weighted by Gasteiger charge is -2.19. The van der Waals surface area contributed by atoms with Crippen LogP contribution in [0.4, 0.5) is 0 Å². The van der Waals surface area contributed by atoms with Crippen LogP contribution in [0.1, 0.15) is 24.3 Å². The summed E-state index contributed by atoms with van der Waals surface area (Å²) in [4.78, 5) is 4.18. The highest BCUT2D eigenvalue weighted by Crippen LogP contribution is 2.25. The fourth-order valence-corrected chi connectivity index (χ4v) is 2.49. The molecule has 0 aliphatic carbocycles. The monoisotopic (exact) mass is 325 g/mol. The molecule has 0 saturated carbocycles. The Balaban J connectivity index is 1.97. The topological polar surface area (TPSA) is 49.6 Å². The number of furan rings is 1. The number of rotatable bonds is 4. The van der Waals surface area contributed by atoms with Crippen molar-refractivity contribution in [1.29, 1.82) is 0 Å². The Kier molecular flexibility index (Phi) is 5.53. The van der Waals surface area contributed by atoms with Crippen LogP contribution in [-0.2, 0) is 6.54 Å². The van der Waals surface area contributed by atoms with E-state index in [9.17, 15) is 0 Å². The van der Waals surface area contributed by atoms with E-state index in [0.29, 0.717) is 22.5 Å². The third-order valence-corrected chi connectivity index (χ3v) is 3.58. The van der Waals surface area contributed by atoms with Gasteiger partial charge in [0.15, 0.2) is 5.96 Å². The molecule has 0 aliphatic rings. The molecule has 4 nitrogen and oxygen atoms in total. The van der Waals surface area contributed by atoms with Crippen molar-refractivity contribution >= 4 is 29.2 Å². The molecular weight excluding hydrogens is 309 g/mol. The van der Waals surface area contributed by atoms with E-state index in [-0.39, 0.29) is 6.04 Å². The van der Waals surface area contributed by atoms with E-state index in [1.54, 1.807) is 19.4 Å². The summed E-state index contributed by atoms with van der Waals surface area (Å²) in [6.45, 7) is 2.57. The maximum atomic E-state index is 6.21. The lowest BCUT2D eigenvalue weighted by atomic mass is 10.1. The van der Waals surface area contributed by atoms with Gasteiger partial charge >= 0.3 is 0 Å². The first-order valence-corrected chi connectivity index (χ1v) is 7.30. The van der Waals surface area contributed by atoms with Crippen LogP contribution in [0.2, 0.25) is 10.0 Å². The first-order chi connectivity index (χ1) is 10.1. The van der Waals surface area contributed by atoms with E-state index >= 15 is 0 Å². The Morgan fingerprint density at radius 2 is 2.14 bits per heavy atom. The standard InChI is InChI=1S/C15H17Cl2N3O/c1-10(13-6-5-11(16)8-14(13)17)20-15(18-2)19-9-12-4-3-7-21-12/h3-8,10H,9H2,1-2H3,(H2,18,19,20). The minimum atomic E-state index is -0.00225. The highest BCUT2D eigenvalue weighted by Gasteiger charge is 2.11. The Morgan fingerprint density at radius 3 is 2.76 bits per heavy atom. The van der Waals surface area contributed by atoms with E-state index < -0.39 is 0 Å². The minimum absolute atomic E-state index is 0.00225. The van der Waals surface area contributed by atoms with Gasteiger partial charge in [-0.1, -0.05) is 29.3 Å². The van der Waals surface area contributed by atoms with Crippen molar-refractivity contribution in [2.45, 2.75) is 19.5 Å². The number of guanidine groups is 1. The fourth-order valence-electron chi connectivity index (χ4n) is 1.91. The van der Waals surface area contributed by atoms with Crippen molar-refractivity contribution in [2.24, 2.45) is 4.99 Å². The maximum absolute atomic E-state index is 6.21. The van der Waals surface area contributed by atoms with Gasteiger partial charge in [-0.15, -0.1) is 0 Å². The fraction of sp³-hybridized carbons (Fsp3) is 0.267. The number of benzene rings is 1. The van der Waals surface area contributed by atoms with Crippen LogP contribution in [0.25, 0.3) is 0 Å². The maximum Gasteiger partial charge on any atom is 0.191 e. The second kappa shape index (κ2) is 7.38. The molecule has 1 unspecified atom stereocenters. The molecule has 1 heterocycles. The number of hydrogen-bond donors (Lipinski definition) is 2. The number of aliphatic imine (C=N–C) groups is 1. The van der Waals surface area contributed by atoms with Gasteiger partial charge in [0.2, 0.25) is 0 Å². The van der Waals surface area contributed by atoms with Crippen LogP contribution >= 0.6 is 23.2 Å². The molecule has 0 saturated heterocycles. The summed E-state index contributed by atoms with van der Waals surface area (Å²) in [7, 11) is 1.72. The van der Waals surface area contributed by atoms with Crippen molar-refractivity contribution in [3.05, 3.63) is 58.0 Å². The first kappa shape index (κ1) is 15.7. The average Bonchev–Trinajstić information content (AvgIpc) is 2.96. The van der Waals surface area contributed by atoms with E-state index in [0.717, 1.165) is 11.3 Å². The molecule has 2 rings (SSSR count). The van der Waals surface area contributed by atoms with Crippen molar-refractivity contribution in [1.82, 2.24) is 10.6 Å². The summed E-state index contributed by atoms with van der Waals surface area (Å²) < 4.78 is 5.27. The third-order valence-electron chi connectivity index (χ3n) is 3.02. The molecule has 0 amide bonds. The molecule has 1 atom stereocenters. The van der Waals surface area contributed by atoms with Crippen LogP contribution in [0, 0.1) is 0 Å². The largest absolute Gasteiger partial charge is 0.467 e. The summed E-state index contributed by atoms with van der Waals surface area (Å²) in [6, 6.07) is 9.21. The number of nitrogens with one attached hydrogen (secondary N) is 2. The Bertz CT molecular complexity index is 611. The molecule has 0 radical (unpaired) electrons. The quantitative estimate of drug-likeness (QED) is 0.659. The lowest BCUT2D eigenvalue weighted by Crippen LogP contribution is -2.38. The van der Waals surface area contributed by atoms with Gasteiger partial charge < -0.3 is 15.1 Å². The van der Waals surface area contributed by atoms with Gasteiger partial charge in [0.1, 0.15) is 5.76 Å². The zero-order valence-corrected chi connectivity index (χ0v) is 13.4. The predicted molar refractivity (Wildman–Crippen MR) is 86.9 cm³/mol. The number of nitrogens with zero attached hydrogens (tertiary/aromatic N) is 1. The van der Waals surface area contributed by atoms with E-state index in [4.69, 9.17) is 27.6 Å². The average molecular weight is 326 g/mol. The molecule has 0 spiro atoms. The molecule has 2 N–H and O–H groups in total. The van der Waals surface area contributed by atoms with Crippen molar-refractivity contribution < 1.29 is 4.42 Å². The molecule has 0 bridgehead atoms. The molecular formula is C15H17Cl2N3O. The molecule has 1 aromatic carbocycles. The van der Waals surface area contributed by atoms with E-state index in [1.807, 2.05) is 31.2 Å². The van der Waals surface area contributed by atoms with E-state index in [2.05, 4.69) is 15.6 Å². The summed E-state index contributed by atoms with van der Waals surface area (Å²) >= 11 is 12.1. The first-order valence-electron chi connectivity index (χ1n) is 6.54. The summed E-state index contributed by atoms with van der Waals surface area (Å²) in [5, 5.41) is 7.70. The number of halogens is 2.